The second kappa shape index (κ2) is 5.86. The SMILES string of the molecule is C[C@@H]1C[C@@H]1C(=O)Nc1ccccc1N1CCCCCC1. The van der Waals surface area contributed by atoms with Crippen LogP contribution in [0.15, 0.2) is 24.3 Å². The lowest BCUT2D eigenvalue weighted by Crippen LogP contribution is -2.26. The van der Waals surface area contributed by atoms with Crippen LogP contribution in [0.1, 0.15) is 39.0 Å². The van der Waals surface area contributed by atoms with Crippen molar-refractivity contribution in [1.82, 2.24) is 0 Å². The molecule has 0 unspecified atom stereocenters. The maximum Gasteiger partial charge on any atom is 0.227 e. The summed E-state index contributed by atoms with van der Waals surface area (Å²) in [6, 6.07) is 8.24. The summed E-state index contributed by atoms with van der Waals surface area (Å²) in [7, 11) is 0. The third kappa shape index (κ3) is 2.97. The number of benzene rings is 1. The number of para-hydroxylation sites is 2. The van der Waals surface area contributed by atoms with Gasteiger partial charge < -0.3 is 10.2 Å². The van der Waals surface area contributed by atoms with E-state index in [1.165, 1.54) is 31.4 Å². The molecular formula is C17H24N2O. The van der Waals surface area contributed by atoms with E-state index in [0.29, 0.717) is 5.92 Å². The zero-order valence-corrected chi connectivity index (χ0v) is 12.3. The minimum absolute atomic E-state index is 0.194. The molecule has 1 aromatic carbocycles. The number of nitrogens with one attached hydrogen (secondary N) is 1. The van der Waals surface area contributed by atoms with Crippen LogP contribution in [0.3, 0.4) is 0 Å². The largest absolute Gasteiger partial charge is 0.370 e. The van der Waals surface area contributed by atoms with E-state index in [2.05, 4.69) is 29.3 Å². The van der Waals surface area contributed by atoms with Crippen LogP contribution in [0.5, 0.6) is 0 Å². The van der Waals surface area contributed by atoms with E-state index in [4.69, 9.17) is 0 Å². The van der Waals surface area contributed by atoms with Gasteiger partial charge in [-0.1, -0.05) is 31.9 Å². The first-order valence-corrected chi connectivity index (χ1v) is 7.90. The zero-order chi connectivity index (χ0) is 13.9. The van der Waals surface area contributed by atoms with E-state index in [9.17, 15) is 4.79 Å². The number of anilines is 2. The Morgan fingerprint density at radius 1 is 1.15 bits per heavy atom. The molecule has 1 aliphatic heterocycles. The molecule has 3 nitrogen and oxygen atoms in total. The fourth-order valence-electron chi connectivity index (χ4n) is 3.08. The third-order valence-corrected chi connectivity index (χ3v) is 4.55. The highest BCUT2D eigenvalue weighted by Crippen LogP contribution is 2.39. The molecule has 1 aliphatic carbocycles. The summed E-state index contributed by atoms with van der Waals surface area (Å²) in [5.41, 5.74) is 2.18. The van der Waals surface area contributed by atoms with Gasteiger partial charge in [-0.15, -0.1) is 0 Å². The molecule has 0 spiro atoms. The number of hydrogen-bond acceptors (Lipinski definition) is 2. The van der Waals surface area contributed by atoms with E-state index in [1.54, 1.807) is 0 Å². The molecule has 1 saturated carbocycles. The zero-order valence-electron chi connectivity index (χ0n) is 12.3. The lowest BCUT2D eigenvalue weighted by Gasteiger charge is -2.25. The molecule has 3 rings (SSSR count). The van der Waals surface area contributed by atoms with Gasteiger partial charge in [-0.2, -0.15) is 0 Å². The minimum atomic E-state index is 0.194. The highest BCUT2D eigenvalue weighted by Gasteiger charge is 2.39. The molecule has 1 aromatic rings. The summed E-state index contributed by atoms with van der Waals surface area (Å²) in [6.45, 7) is 4.35. The molecule has 2 aliphatic rings. The smallest absolute Gasteiger partial charge is 0.227 e. The maximum atomic E-state index is 12.2. The van der Waals surface area contributed by atoms with E-state index in [-0.39, 0.29) is 11.8 Å². The van der Waals surface area contributed by atoms with Gasteiger partial charge in [0.2, 0.25) is 5.91 Å². The van der Waals surface area contributed by atoms with Crippen molar-refractivity contribution in [2.24, 2.45) is 11.8 Å². The van der Waals surface area contributed by atoms with Crippen molar-refractivity contribution in [3.63, 3.8) is 0 Å². The molecule has 2 atom stereocenters. The van der Waals surface area contributed by atoms with Crippen LogP contribution in [-0.2, 0) is 4.79 Å². The minimum Gasteiger partial charge on any atom is -0.370 e. The predicted octanol–water partition coefficient (Wildman–Crippen LogP) is 3.66. The van der Waals surface area contributed by atoms with Crippen LogP contribution >= 0.6 is 0 Å². The average Bonchev–Trinajstić information content (AvgIpc) is 3.22. The monoisotopic (exact) mass is 272 g/mol. The number of amides is 1. The Balaban J connectivity index is 1.75. The van der Waals surface area contributed by atoms with Gasteiger partial charge in [-0.25, -0.2) is 0 Å². The molecule has 1 saturated heterocycles. The summed E-state index contributed by atoms with van der Waals surface area (Å²) in [4.78, 5) is 14.6. The number of hydrogen-bond donors (Lipinski definition) is 1. The standard InChI is InChI=1S/C17H24N2O/c1-13-12-14(13)17(20)18-15-8-4-5-9-16(15)19-10-6-2-3-7-11-19/h4-5,8-9,13-14H,2-3,6-7,10-12H2,1H3,(H,18,20)/t13-,14+/m1/s1. The second-order valence-corrected chi connectivity index (χ2v) is 6.23. The molecule has 1 amide bonds. The molecule has 108 valence electrons. The van der Waals surface area contributed by atoms with Gasteiger partial charge >= 0.3 is 0 Å². The van der Waals surface area contributed by atoms with Gasteiger partial charge in [0, 0.05) is 19.0 Å². The van der Waals surface area contributed by atoms with Crippen molar-refractivity contribution in [1.29, 1.82) is 0 Å². The van der Waals surface area contributed by atoms with Crippen molar-refractivity contribution in [2.75, 3.05) is 23.3 Å². The molecular weight excluding hydrogens is 248 g/mol. The summed E-state index contributed by atoms with van der Waals surface area (Å²) in [5, 5.41) is 3.14. The fourth-order valence-corrected chi connectivity index (χ4v) is 3.08. The second-order valence-electron chi connectivity index (χ2n) is 6.23. The summed E-state index contributed by atoms with van der Waals surface area (Å²) >= 11 is 0. The van der Waals surface area contributed by atoms with Gasteiger partial charge in [0.05, 0.1) is 11.4 Å². The van der Waals surface area contributed by atoms with Crippen LogP contribution in [0.2, 0.25) is 0 Å². The summed E-state index contributed by atoms with van der Waals surface area (Å²) in [5.74, 6) is 0.979. The van der Waals surface area contributed by atoms with Gasteiger partial charge in [-0.05, 0) is 37.3 Å². The van der Waals surface area contributed by atoms with E-state index in [1.807, 2.05) is 12.1 Å². The normalized spacial score (nSPS) is 25.9. The number of carbonyl (C=O) groups excluding carboxylic acids is 1. The molecule has 1 N–H and O–H groups in total. The van der Waals surface area contributed by atoms with Crippen LogP contribution in [0.4, 0.5) is 11.4 Å². The van der Waals surface area contributed by atoms with Gasteiger partial charge in [0.25, 0.3) is 0 Å². The van der Waals surface area contributed by atoms with Crippen molar-refractivity contribution in [3.05, 3.63) is 24.3 Å². The molecule has 1 heterocycles. The summed E-state index contributed by atoms with van der Waals surface area (Å²) in [6.07, 6.45) is 6.19. The van der Waals surface area contributed by atoms with Gasteiger partial charge in [0.1, 0.15) is 0 Å². The first-order valence-electron chi connectivity index (χ1n) is 7.90. The Bertz CT molecular complexity index is 478. The van der Waals surface area contributed by atoms with Crippen LogP contribution in [0, 0.1) is 11.8 Å². The Kier molecular flexibility index (Phi) is 3.95. The Labute approximate surface area is 121 Å². The Hall–Kier alpha value is -1.51. The van der Waals surface area contributed by atoms with Gasteiger partial charge in [-0.3, -0.25) is 4.79 Å². The quantitative estimate of drug-likeness (QED) is 0.910. The first kappa shape index (κ1) is 13.5. The fraction of sp³-hybridized carbons (Fsp3) is 0.588. The number of rotatable bonds is 3. The van der Waals surface area contributed by atoms with Crippen LogP contribution in [0.25, 0.3) is 0 Å². The Morgan fingerprint density at radius 2 is 1.80 bits per heavy atom. The van der Waals surface area contributed by atoms with Crippen molar-refractivity contribution >= 4 is 17.3 Å². The lowest BCUT2D eigenvalue weighted by molar-refractivity contribution is -0.117. The van der Waals surface area contributed by atoms with Crippen molar-refractivity contribution < 1.29 is 4.79 Å². The summed E-state index contributed by atoms with van der Waals surface area (Å²) < 4.78 is 0. The average molecular weight is 272 g/mol. The molecule has 3 heteroatoms. The van der Waals surface area contributed by atoms with E-state index in [0.717, 1.165) is 25.2 Å². The van der Waals surface area contributed by atoms with E-state index < -0.39 is 0 Å². The molecule has 0 aromatic heterocycles. The molecule has 0 radical (unpaired) electrons. The lowest BCUT2D eigenvalue weighted by atomic mass is 10.2. The highest BCUT2D eigenvalue weighted by molar-refractivity contribution is 5.97. The maximum absolute atomic E-state index is 12.2. The van der Waals surface area contributed by atoms with Crippen LogP contribution in [-0.4, -0.2) is 19.0 Å². The topological polar surface area (TPSA) is 32.3 Å². The Morgan fingerprint density at radius 3 is 2.45 bits per heavy atom. The predicted molar refractivity (Wildman–Crippen MR) is 83.0 cm³/mol. The van der Waals surface area contributed by atoms with Crippen molar-refractivity contribution in [3.8, 4) is 0 Å². The van der Waals surface area contributed by atoms with Gasteiger partial charge in [0.15, 0.2) is 0 Å². The molecule has 2 fully saturated rings. The highest BCUT2D eigenvalue weighted by atomic mass is 16.2. The van der Waals surface area contributed by atoms with Crippen LogP contribution < -0.4 is 10.2 Å². The number of carbonyl (C=O) groups is 1. The molecule has 0 bridgehead atoms. The van der Waals surface area contributed by atoms with E-state index >= 15 is 0 Å². The van der Waals surface area contributed by atoms with Crippen molar-refractivity contribution in [2.45, 2.75) is 39.0 Å². The molecule has 20 heavy (non-hydrogen) atoms. The first-order chi connectivity index (χ1) is 9.75. The third-order valence-electron chi connectivity index (χ3n) is 4.55. The number of nitrogens with zero attached hydrogens (tertiary/aromatic N) is 1.